The van der Waals surface area contributed by atoms with Crippen LogP contribution in [-0.4, -0.2) is 47.9 Å². The van der Waals surface area contributed by atoms with E-state index in [0.29, 0.717) is 5.69 Å². The summed E-state index contributed by atoms with van der Waals surface area (Å²) in [6, 6.07) is 6.42. The number of aliphatic carboxylic acids is 1. The molecule has 0 radical (unpaired) electrons. The molecule has 0 aliphatic heterocycles. The normalized spacial score (nSPS) is 10.3. The predicted molar refractivity (Wildman–Crippen MR) is 73.3 cm³/mol. The SMILES string of the molecule is CN(CCC(=O)O)CC(=O)Nc1ccccc1C(N)=O. The Kier molecular flexibility index (Phi) is 5.67. The number of nitrogens with two attached hydrogens (primary N) is 1. The molecule has 0 bridgehead atoms. The summed E-state index contributed by atoms with van der Waals surface area (Å²) in [4.78, 5) is 35.0. The molecule has 7 heteroatoms. The first-order valence-corrected chi connectivity index (χ1v) is 5.99. The van der Waals surface area contributed by atoms with Crippen molar-refractivity contribution in [3.8, 4) is 0 Å². The maximum Gasteiger partial charge on any atom is 0.304 e. The zero-order chi connectivity index (χ0) is 15.1. The molecule has 0 aromatic heterocycles. The minimum Gasteiger partial charge on any atom is -0.481 e. The number of nitrogens with one attached hydrogen (secondary N) is 1. The van der Waals surface area contributed by atoms with Crippen molar-refractivity contribution in [2.24, 2.45) is 5.73 Å². The van der Waals surface area contributed by atoms with Gasteiger partial charge in [0.25, 0.3) is 5.91 Å². The smallest absolute Gasteiger partial charge is 0.304 e. The molecule has 1 rings (SSSR count). The number of hydrogen-bond acceptors (Lipinski definition) is 4. The van der Waals surface area contributed by atoms with E-state index in [1.54, 1.807) is 30.1 Å². The number of carboxylic acid groups (broad SMARTS) is 1. The third kappa shape index (κ3) is 5.07. The molecule has 0 atom stereocenters. The maximum atomic E-state index is 11.8. The van der Waals surface area contributed by atoms with E-state index in [-0.39, 0.29) is 31.0 Å². The van der Waals surface area contributed by atoms with Crippen molar-refractivity contribution >= 4 is 23.5 Å². The number of amides is 2. The zero-order valence-corrected chi connectivity index (χ0v) is 11.1. The van der Waals surface area contributed by atoms with E-state index in [0.717, 1.165) is 0 Å². The molecule has 0 aliphatic carbocycles. The van der Waals surface area contributed by atoms with Crippen LogP contribution in [0.1, 0.15) is 16.8 Å². The molecule has 0 saturated heterocycles. The van der Waals surface area contributed by atoms with Crippen molar-refractivity contribution in [3.63, 3.8) is 0 Å². The fourth-order valence-electron chi connectivity index (χ4n) is 1.61. The topological polar surface area (TPSA) is 113 Å². The lowest BCUT2D eigenvalue weighted by atomic mass is 10.1. The lowest BCUT2D eigenvalue weighted by molar-refractivity contribution is -0.137. The van der Waals surface area contributed by atoms with Gasteiger partial charge in [0.2, 0.25) is 5.91 Å². The fourth-order valence-corrected chi connectivity index (χ4v) is 1.61. The molecule has 7 nitrogen and oxygen atoms in total. The molecule has 1 aromatic carbocycles. The lowest BCUT2D eigenvalue weighted by Crippen LogP contribution is -2.32. The van der Waals surface area contributed by atoms with Gasteiger partial charge in [-0.25, -0.2) is 0 Å². The van der Waals surface area contributed by atoms with Gasteiger partial charge in [0.1, 0.15) is 0 Å². The van der Waals surface area contributed by atoms with Gasteiger partial charge < -0.3 is 16.2 Å². The van der Waals surface area contributed by atoms with Crippen molar-refractivity contribution in [1.29, 1.82) is 0 Å². The molecule has 0 spiro atoms. The number of carbonyl (C=O) groups excluding carboxylic acids is 2. The van der Waals surface area contributed by atoms with Crippen LogP contribution in [0.25, 0.3) is 0 Å². The molecule has 0 unspecified atom stereocenters. The largest absolute Gasteiger partial charge is 0.481 e. The van der Waals surface area contributed by atoms with Crippen LogP contribution in [0.5, 0.6) is 0 Å². The number of benzene rings is 1. The first kappa shape index (κ1) is 15.6. The summed E-state index contributed by atoms with van der Waals surface area (Å²) in [5, 5.41) is 11.1. The molecule has 108 valence electrons. The number of likely N-dealkylation sites (N-methyl/N-ethyl adjacent to an activating group) is 1. The van der Waals surface area contributed by atoms with E-state index in [1.165, 1.54) is 6.07 Å². The number of rotatable bonds is 7. The molecule has 1 aromatic rings. The summed E-state index contributed by atoms with van der Waals surface area (Å²) in [6.45, 7) is 0.292. The third-order valence-electron chi connectivity index (χ3n) is 2.59. The summed E-state index contributed by atoms with van der Waals surface area (Å²) >= 11 is 0. The molecule has 0 heterocycles. The number of hydrogen-bond donors (Lipinski definition) is 3. The van der Waals surface area contributed by atoms with E-state index in [4.69, 9.17) is 10.8 Å². The van der Waals surface area contributed by atoms with E-state index >= 15 is 0 Å². The molecule has 0 aliphatic rings. The van der Waals surface area contributed by atoms with Crippen molar-refractivity contribution in [2.75, 3.05) is 25.5 Å². The van der Waals surface area contributed by atoms with Gasteiger partial charge in [0.05, 0.1) is 24.2 Å². The molecule has 0 saturated carbocycles. The van der Waals surface area contributed by atoms with Gasteiger partial charge in [-0.3, -0.25) is 19.3 Å². The van der Waals surface area contributed by atoms with Crippen molar-refractivity contribution in [1.82, 2.24) is 4.90 Å². The highest BCUT2D eigenvalue weighted by Crippen LogP contribution is 2.13. The first-order chi connectivity index (χ1) is 9.40. The summed E-state index contributed by atoms with van der Waals surface area (Å²) in [7, 11) is 1.64. The van der Waals surface area contributed by atoms with E-state index in [2.05, 4.69) is 5.32 Å². The average molecular weight is 279 g/mol. The number of anilines is 1. The van der Waals surface area contributed by atoms with Gasteiger partial charge in [0, 0.05) is 6.54 Å². The molecule has 20 heavy (non-hydrogen) atoms. The maximum absolute atomic E-state index is 11.8. The highest BCUT2D eigenvalue weighted by Gasteiger charge is 2.12. The standard InChI is InChI=1S/C13H17N3O4/c1-16(7-6-12(18)19)8-11(17)15-10-5-3-2-4-9(10)13(14)20/h2-5H,6-8H2,1H3,(H2,14,20)(H,15,17)(H,18,19). The lowest BCUT2D eigenvalue weighted by Gasteiger charge is -2.15. The Bertz CT molecular complexity index is 516. The van der Waals surface area contributed by atoms with E-state index in [1.807, 2.05) is 0 Å². The van der Waals surface area contributed by atoms with Gasteiger partial charge in [-0.1, -0.05) is 12.1 Å². The number of primary amides is 1. The summed E-state index contributed by atoms with van der Waals surface area (Å²) in [5.41, 5.74) is 5.78. The van der Waals surface area contributed by atoms with Gasteiger partial charge in [-0.15, -0.1) is 0 Å². The van der Waals surface area contributed by atoms with Crippen LogP contribution >= 0.6 is 0 Å². The predicted octanol–water partition coefficient (Wildman–Crippen LogP) is 0.131. The number of carbonyl (C=O) groups is 3. The molecule has 2 amide bonds. The van der Waals surface area contributed by atoms with E-state index < -0.39 is 11.9 Å². The van der Waals surface area contributed by atoms with Gasteiger partial charge >= 0.3 is 5.97 Å². The number of nitrogens with zero attached hydrogens (tertiary/aromatic N) is 1. The molecular formula is C13H17N3O4. The van der Waals surface area contributed by atoms with Crippen LogP contribution in [0, 0.1) is 0 Å². The second kappa shape index (κ2) is 7.25. The van der Waals surface area contributed by atoms with Crippen molar-refractivity contribution in [3.05, 3.63) is 29.8 Å². The fraction of sp³-hybridized carbons (Fsp3) is 0.308. The van der Waals surface area contributed by atoms with Gasteiger partial charge in [0.15, 0.2) is 0 Å². The van der Waals surface area contributed by atoms with Crippen molar-refractivity contribution < 1.29 is 19.5 Å². The Morgan fingerprint density at radius 2 is 1.95 bits per heavy atom. The zero-order valence-electron chi connectivity index (χ0n) is 11.1. The Morgan fingerprint density at radius 1 is 1.30 bits per heavy atom. The minimum atomic E-state index is -0.920. The van der Waals surface area contributed by atoms with Crippen LogP contribution in [0.15, 0.2) is 24.3 Å². The third-order valence-corrected chi connectivity index (χ3v) is 2.59. The average Bonchev–Trinajstić information content (AvgIpc) is 2.36. The first-order valence-electron chi connectivity index (χ1n) is 5.99. The van der Waals surface area contributed by atoms with E-state index in [9.17, 15) is 14.4 Å². The van der Waals surface area contributed by atoms with Gasteiger partial charge in [-0.2, -0.15) is 0 Å². The Labute approximate surface area is 116 Å². The summed E-state index contributed by atoms with van der Waals surface area (Å²) < 4.78 is 0. The second-order valence-corrected chi connectivity index (χ2v) is 4.34. The molecule has 0 fully saturated rings. The Hall–Kier alpha value is -2.41. The van der Waals surface area contributed by atoms with Crippen LogP contribution in [0.3, 0.4) is 0 Å². The summed E-state index contributed by atoms with van der Waals surface area (Å²) in [5.74, 6) is -1.89. The highest BCUT2D eigenvalue weighted by atomic mass is 16.4. The molecule has 4 N–H and O–H groups in total. The quantitative estimate of drug-likeness (QED) is 0.656. The van der Waals surface area contributed by atoms with Crippen LogP contribution < -0.4 is 11.1 Å². The molecular weight excluding hydrogens is 262 g/mol. The highest BCUT2D eigenvalue weighted by molar-refractivity contribution is 6.03. The summed E-state index contributed by atoms with van der Waals surface area (Å²) in [6.07, 6.45) is -0.0400. The van der Waals surface area contributed by atoms with Gasteiger partial charge in [-0.05, 0) is 19.2 Å². The minimum absolute atomic E-state index is 0.0282. The Morgan fingerprint density at radius 3 is 2.55 bits per heavy atom. The van der Waals surface area contributed by atoms with Crippen LogP contribution in [0.2, 0.25) is 0 Å². The van der Waals surface area contributed by atoms with Crippen molar-refractivity contribution in [2.45, 2.75) is 6.42 Å². The van der Waals surface area contributed by atoms with Crippen LogP contribution in [-0.2, 0) is 9.59 Å². The van der Waals surface area contributed by atoms with Crippen LogP contribution in [0.4, 0.5) is 5.69 Å². The number of carboxylic acids is 1. The number of para-hydroxylation sites is 1. The monoisotopic (exact) mass is 279 g/mol. The Balaban J connectivity index is 2.58. The second-order valence-electron chi connectivity index (χ2n) is 4.34.